The Morgan fingerprint density at radius 3 is 2.64 bits per heavy atom. The predicted molar refractivity (Wildman–Crippen MR) is 97.8 cm³/mol. The molecule has 1 unspecified atom stereocenters. The Bertz CT molecular complexity index is 524. The van der Waals surface area contributed by atoms with E-state index in [4.69, 9.17) is 0 Å². The van der Waals surface area contributed by atoms with Crippen LogP contribution in [0.2, 0.25) is 0 Å². The quantitative estimate of drug-likeness (QED) is 0.674. The summed E-state index contributed by atoms with van der Waals surface area (Å²) in [6.45, 7) is 9.34. The number of amides is 1. The number of alkyl halides is 1. The van der Waals surface area contributed by atoms with E-state index in [-0.39, 0.29) is 11.8 Å². The fraction of sp³-hybridized carbons (Fsp3) is 0.632. The zero-order valence-corrected chi connectivity index (χ0v) is 15.8. The molecule has 0 spiro atoms. The second-order valence-electron chi connectivity index (χ2n) is 7.14. The molecule has 22 heavy (non-hydrogen) atoms. The molecular formula is C19H28BrNO. The highest BCUT2D eigenvalue weighted by Gasteiger charge is 2.24. The van der Waals surface area contributed by atoms with Crippen molar-refractivity contribution in [1.82, 2.24) is 0 Å². The Morgan fingerprint density at radius 2 is 2.00 bits per heavy atom. The van der Waals surface area contributed by atoms with Crippen LogP contribution in [0.4, 0.5) is 5.69 Å². The van der Waals surface area contributed by atoms with Crippen molar-refractivity contribution >= 4 is 27.5 Å². The van der Waals surface area contributed by atoms with Crippen molar-refractivity contribution in [3.05, 3.63) is 29.3 Å². The molecule has 0 aromatic heterocycles. The van der Waals surface area contributed by atoms with Crippen LogP contribution in [-0.2, 0) is 17.6 Å². The largest absolute Gasteiger partial charge is 0.312 e. The first-order chi connectivity index (χ1) is 10.4. The molecule has 0 saturated carbocycles. The summed E-state index contributed by atoms with van der Waals surface area (Å²) in [6.07, 6.45) is 4.40. The first-order valence-electron chi connectivity index (χ1n) is 8.45. The Balaban J connectivity index is 2.15. The van der Waals surface area contributed by atoms with Gasteiger partial charge in [-0.25, -0.2) is 0 Å². The number of carbonyl (C=O) groups excluding carboxylic acids is 1. The van der Waals surface area contributed by atoms with Gasteiger partial charge in [0.15, 0.2) is 0 Å². The molecule has 0 fully saturated rings. The van der Waals surface area contributed by atoms with E-state index in [9.17, 15) is 4.79 Å². The van der Waals surface area contributed by atoms with Crippen molar-refractivity contribution in [2.45, 2.75) is 58.2 Å². The summed E-state index contributed by atoms with van der Waals surface area (Å²) in [4.78, 5) is 14.9. The van der Waals surface area contributed by atoms with Crippen molar-refractivity contribution in [2.75, 3.05) is 11.4 Å². The Hall–Kier alpha value is -0.830. The van der Waals surface area contributed by atoms with Crippen LogP contribution in [0.3, 0.4) is 0 Å². The third-order valence-corrected chi connectivity index (χ3v) is 4.90. The highest BCUT2D eigenvalue weighted by molar-refractivity contribution is 9.09. The van der Waals surface area contributed by atoms with Crippen LogP contribution in [0, 0.1) is 11.8 Å². The zero-order chi connectivity index (χ0) is 16.3. The molecule has 1 amide bonds. The van der Waals surface area contributed by atoms with Gasteiger partial charge in [0.1, 0.15) is 0 Å². The van der Waals surface area contributed by atoms with Crippen molar-refractivity contribution < 1.29 is 4.79 Å². The summed E-state index contributed by atoms with van der Waals surface area (Å²) < 4.78 is 0. The first-order valence-corrected chi connectivity index (χ1v) is 9.37. The van der Waals surface area contributed by atoms with E-state index in [1.54, 1.807) is 0 Å². The maximum absolute atomic E-state index is 12.4. The predicted octanol–water partition coefficient (Wildman–Crippen LogP) is 4.97. The molecule has 2 nitrogen and oxygen atoms in total. The molecule has 0 saturated heterocycles. The number of halogens is 1. The highest BCUT2D eigenvalue weighted by atomic mass is 79.9. The molecule has 1 aliphatic heterocycles. The van der Waals surface area contributed by atoms with Gasteiger partial charge in [0.05, 0.1) is 0 Å². The van der Waals surface area contributed by atoms with Crippen LogP contribution in [0.15, 0.2) is 18.2 Å². The van der Waals surface area contributed by atoms with Gasteiger partial charge < -0.3 is 4.90 Å². The van der Waals surface area contributed by atoms with Crippen molar-refractivity contribution in [1.29, 1.82) is 0 Å². The minimum atomic E-state index is 0.0589. The second kappa shape index (κ2) is 7.63. The second-order valence-corrected chi connectivity index (χ2v) is 8.44. The van der Waals surface area contributed by atoms with Gasteiger partial charge in [0, 0.05) is 23.0 Å². The van der Waals surface area contributed by atoms with Crippen LogP contribution < -0.4 is 4.90 Å². The van der Waals surface area contributed by atoms with E-state index in [0.717, 1.165) is 31.5 Å². The van der Waals surface area contributed by atoms with Gasteiger partial charge in [0.25, 0.3) is 0 Å². The number of hydrogen-bond donors (Lipinski definition) is 0. The summed E-state index contributed by atoms with van der Waals surface area (Å²) in [7, 11) is 0. The monoisotopic (exact) mass is 365 g/mol. The third kappa shape index (κ3) is 4.34. The molecule has 0 N–H and O–H groups in total. The standard InChI is InChI=1S/C19H28BrNO/c1-13(2)10-17(20)12-15-7-8-18-16(11-15)6-5-9-21(18)19(22)14(3)4/h7-8,11,13-14,17H,5-6,9-10,12H2,1-4H3. The van der Waals surface area contributed by atoms with E-state index >= 15 is 0 Å². The molecule has 2 rings (SSSR count). The number of benzene rings is 1. The number of rotatable bonds is 5. The lowest BCUT2D eigenvalue weighted by molar-refractivity contribution is -0.121. The third-order valence-electron chi connectivity index (χ3n) is 4.21. The number of aryl methyl sites for hydroxylation is 1. The molecule has 0 aliphatic carbocycles. The van der Waals surface area contributed by atoms with Gasteiger partial charge in [0.2, 0.25) is 5.91 Å². The first kappa shape index (κ1) is 17.5. The fourth-order valence-corrected chi connectivity index (χ4v) is 4.29. The Kier molecular flexibility index (Phi) is 6.08. The summed E-state index contributed by atoms with van der Waals surface area (Å²) in [5, 5.41) is 0. The van der Waals surface area contributed by atoms with E-state index in [2.05, 4.69) is 48.0 Å². The van der Waals surface area contributed by atoms with Crippen LogP contribution in [0.1, 0.15) is 51.7 Å². The number of hydrogen-bond acceptors (Lipinski definition) is 1. The van der Waals surface area contributed by atoms with Gasteiger partial charge in [-0.05, 0) is 48.8 Å². The number of carbonyl (C=O) groups is 1. The lowest BCUT2D eigenvalue weighted by Crippen LogP contribution is -2.38. The molecule has 1 aromatic carbocycles. The van der Waals surface area contributed by atoms with Crippen molar-refractivity contribution in [3.8, 4) is 0 Å². The molecule has 1 aromatic rings. The van der Waals surface area contributed by atoms with Crippen molar-refractivity contribution in [3.63, 3.8) is 0 Å². The average molecular weight is 366 g/mol. The van der Waals surface area contributed by atoms with Gasteiger partial charge in [-0.15, -0.1) is 0 Å². The molecule has 122 valence electrons. The topological polar surface area (TPSA) is 20.3 Å². The lowest BCUT2D eigenvalue weighted by Gasteiger charge is -2.31. The number of fused-ring (bicyclic) bond motifs is 1. The molecule has 0 radical (unpaired) electrons. The van der Waals surface area contributed by atoms with Gasteiger partial charge in [-0.3, -0.25) is 4.79 Å². The zero-order valence-electron chi connectivity index (χ0n) is 14.2. The molecule has 3 heteroatoms. The van der Waals surface area contributed by atoms with Crippen LogP contribution in [0.5, 0.6) is 0 Å². The minimum Gasteiger partial charge on any atom is -0.312 e. The average Bonchev–Trinajstić information content (AvgIpc) is 2.44. The van der Waals surface area contributed by atoms with Crippen molar-refractivity contribution in [2.24, 2.45) is 11.8 Å². The van der Waals surface area contributed by atoms with Gasteiger partial charge in [-0.2, -0.15) is 0 Å². The molecule has 1 heterocycles. The molecule has 1 atom stereocenters. The summed E-state index contributed by atoms with van der Waals surface area (Å²) in [5.74, 6) is 1.01. The lowest BCUT2D eigenvalue weighted by atomic mass is 9.95. The van der Waals surface area contributed by atoms with Crippen LogP contribution in [-0.4, -0.2) is 17.3 Å². The van der Waals surface area contributed by atoms with Crippen LogP contribution >= 0.6 is 15.9 Å². The normalized spacial score (nSPS) is 16.0. The van der Waals surface area contributed by atoms with Crippen LogP contribution in [0.25, 0.3) is 0 Å². The maximum Gasteiger partial charge on any atom is 0.229 e. The van der Waals surface area contributed by atoms with Gasteiger partial charge in [-0.1, -0.05) is 55.8 Å². The summed E-state index contributed by atoms with van der Waals surface area (Å²) in [5.41, 5.74) is 3.84. The fourth-order valence-electron chi connectivity index (χ4n) is 3.17. The summed E-state index contributed by atoms with van der Waals surface area (Å²) >= 11 is 3.80. The maximum atomic E-state index is 12.4. The molecule has 0 bridgehead atoms. The molecular weight excluding hydrogens is 338 g/mol. The number of anilines is 1. The van der Waals surface area contributed by atoms with E-state index in [1.807, 2.05) is 18.7 Å². The summed E-state index contributed by atoms with van der Waals surface area (Å²) in [6, 6.07) is 6.65. The SMILES string of the molecule is CC(C)CC(Br)Cc1ccc2c(c1)CCCN2C(=O)C(C)C. The molecule has 1 aliphatic rings. The van der Waals surface area contributed by atoms with Gasteiger partial charge >= 0.3 is 0 Å². The number of nitrogens with zero attached hydrogens (tertiary/aromatic N) is 1. The van der Waals surface area contributed by atoms with E-state index in [1.165, 1.54) is 17.5 Å². The smallest absolute Gasteiger partial charge is 0.229 e. The highest BCUT2D eigenvalue weighted by Crippen LogP contribution is 2.30. The Morgan fingerprint density at radius 1 is 1.27 bits per heavy atom. The Labute approximate surface area is 143 Å². The minimum absolute atomic E-state index is 0.0589. The van der Waals surface area contributed by atoms with E-state index < -0.39 is 0 Å². The van der Waals surface area contributed by atoms with E-state index in [0.29, 0.717) is 10.7 Å².